The third-order valence-corrected chi connectivity index (χ3v) is 8.15. The van der Waals surface area contributed by atoms with Gasteiger partial charge in [0.1, 0.15) is 15.7 Å². The Balaban J connectivity index is 1.75. The number of aromatic hydroxyl groups is 1. The Morgan fingerprint density at radius 1 is 1.31 bits per heavy atom. The Labute approximate surface area is 207 Å². The van der Waals surface area contributed by atoms with E-state index in [0.29, 0.717) is 6.42 Å². The van der Waals surface area contributed by atoms with Gasteiger partial charge in [-0.2, -0.15) is 0 Å². The van der Waals surface area contributed by atoms with Crippen LogP contribution in [-0.4, -0.2) is 59.3 Å². The minimum Gasteiger partial charge on any atom is -0.503 e. The summed E-state index contributed by atoms with van der Waals surface area (Å²) in [6, 6.07) is 4.17. The number of aryl methyl sites for hydroxylation is 1. The molecule has 4 rings (SSSR count). The maximum absolute atomic E-state index is 14.2. The monoisotopic (exact) mass is 524 g/mol. The number of Topliss-reactive ketones (excluding diaryl/α,β-unsaturated/α-hetero) is 1. The average Bonchev–Trinajstić information content (AvgIpc) is 3.43. The van der Waals surface area contributed by atoms with Gasteiger partial charge in [-0.3, -0.25) is 14.4 Å². The van der Waals surface area contributed by atoms with Gasteiger partial charge in [0, 0.05) is 37.4 Å². The number of halogens is 2. The van der Waals surface area contributed by atoms with Crippen LogP contribution in [0.25, 0.3) is 0 Å². The molecule has 1 spiro atoms. The van der Waals surface area contributed by atoms with Crippen LogP contribution in [0.3, 0.4) is 0 Å². The molecule has 1 aliphatic carbocycles. The number of fused-ring (bicyclic) bond motifs is 2. The molecule has 1 saturated carbocycles. The first-order valence-corrected chi connectivity index (χ1v) is 13.6. The number of hydrogen-bond donors (Lipinski definition) is 1. The van der Waals surface area contributed by atoms with Crippen molar-refractivity contribution in [3.05, 3.63) is 62.3 Å². The molecule has 1 fully saturated rings. The highest BCUT2D eigenvalue weighted by Gasteiger charge is 2.61. The van der Waals surface area contributed by atoms with E-state index < -0.39 is 44.1 Å². The van der Waals surface area contributed by atoms with Crippen molar-refractivity contribution in [2.24, 2.45) is 5.92 Å². The second-order valence-corrected chi connectivity index (χ2v) is 12.3. The lowest BCUT2D eigenvalue weighted by Gasteiger charge is -2.40. The van der Waals surface area contributed by atoms with Crippen LogP contribution in [0.4, 0.5) is 4.39 Å². The first-order chi connectivity index (χ1) is 16.3. The molecule has 2 aromatic rings. The first kappa shape index (κ1) is 25.4. The quantitative estimate of drug-likeness (QED) is 0.557. The van der Waals surface area contributed by atoms with E-state index in [1.807, 2.05) is 0 Å². The molecule has 8 nitrogen and oxygen atoms in total. The molecule has 2 atom stereocenters. The van der Waals surface area contributed by atoms with E-state index in [-0.39, 0.29) is 58.9 Å². The number of hydrogen-bond acceptors (Lipinski definition) is 6. The predicted molar refractivity (Wildman–Crippen MR) is 128 cm³/mol. The maximum Gasteiger partial charge on any atom is 0.274 e. The lowest BCUT2D eigenvalue weighted by atomic mass is 9.99. The van der Waals surface area contributed by atoms with Crippen molar-refractivity contribution in [2.75, 3.05) is 18.6 Å². The summed E-state index contributed by atoms with van der Waals surface area (Å²) in [5.74, 6) is -3.16. The van der Waals surface area contributed by atoms with Gasteiger partial charge in [-0.05, 0) is 38.3 Å². The summed E-state index contributed by atoms with van der Waals surface area (Å²) in [5, 5.41) is 10.7. The van der Waals surface area contributed by atoms with Gasteiger partial charge in [-0.25, -0.2) is 12.8 Å². The van der Waals surface area contributed by atoms with E-state index in [0.717, 1.165) is 6.26 Å². The summed E-state index contributed by atoms with van der Waals surface area (Å²) in [6.45, 7) is 3.77. The molecule has 1 aromatic heterocycles. The van der Waals surface area contributed by atoms with E-state index in [2.05, 4.69) is 0 Å². The number of amides is 1. The van der Waals surface area contributed by atoms with Crippen molar-refractivity contribution in [3.63, 3.8) is 0 Å². The molecule has 11 heteroatoms. The number of carbonyl (C=O) groups is 2. The third-order valence-electron chi connectivity index (χ3n) is 6.85. The van der Waals surface area contributed by atoms with E-state index in [1.54, 1.807) is 19.9 Å². The van der Waals surface area contributed by atoms with Gasteiger partial charge in [0.2, 0.25) is 5.43 Å². The first-order valence-electron chi connectivity index (χ1n) is 11.2. The van der Waals surface area contributed by atoms with Gasteiger partial charge < -0.3 is 14.6 Å². The Kier molecular flexibility index (Phi) is 6.34. The lowest BCUT2D eigenvalue weighted by Crippen LogP contribution is -2.52. The van der Waals surface area contributed by atoms with E-state index in [4.69, 9.17) is 11.6 Å². The zero-order chi connectivity index (χ0) is 25.9. The standard InChI is InChI=1S/C24H26ClFN2O6S/c1-13(2)27-12-24(9-15(24)11-35(3,33)34)28-10-16(21(30)22(31)20(28)23(27)32)18(29)8-7-14-5-4-6-17(25)19(14)26/h4-6,10,13,15,31H,7-9,11-12H2,1-3H3/t15-,24-/m0/s1. The Hall–Kier alpha value is -2.72. The zero-order valence-electron chi connectivity index (χ0n) is 19.5. The van der Waals surface area contributed by atoms with Crippen LogP contribution in [0.5, 0.6) is 5.75 Å². The number of sulfone groups is 1. The summed E-state index contributed by atoms with van der Waals surface area (Å²) >= 11 is 5.79. The molecule has 1 aromatic carbocycles. The van der Waals surface area contributed by atoms with Crippen molar-refractivity contribution < 1.29 is 27.5 Å². The smallest absolute Gasteiger partial charge is 0.274 e. The second-order valence-electron chi connectivity index (χ2n) is 9.70. The average molecular weight is 525 g/mol. The van der Waals surface area contributed by atoms with Crippen LogP contribution in [-0.2, 0) is 21.8 Å². The molecular formula is C24H26ClFN2O6S. The van der Waals surface area contributed by atoms with Crippen LogP contribution in [0.1, 0.15) is 53.1 Å². The van der Waals surface area contributed by atoms with Crippen molar-refractivity contribution in [1.29, 1.82) is 0 Å². The molecular weight excluding hydrogens is 499 g/mol. The van der Waals surface area contributed by atoms with Gasteiger partial charge >= 0.3 is 0 Å². The normalized spacial score (nSPS) is 21.5. The Morgan fingerprint density at radius 2 is 2.00 bits per heavy atom. The van der Waals surface area contributed by atoms with Crippen LogP contribution in [0.15, 0.2) is 29.2 Å². The summed E-state index contributed by atoms with van der Waals surface area (Å²) in [5.41, 5.74) is -2.20. The third kappa shape index (κ3) is 4.49. The minimum atomic E-state index is -3.34. The predicted octanol–water partition coefficient (Wildman–Crippen LogP) is 2.79. The van der Waals surface area contributed by atoms with Gasteiger partial charge in [0.05, 0.1) is 21.9 Å². The second kappa shape index (κ2) is 8.74. The topological polar surface area (TPSA) is 114 Å². The molecule has 1 aliphatic heterocycles. The fourth-order valence-corrected chi connectivity index (χ4v) is 6.27. The van der Waals surface area contributed by atoms with Gasteiger partial charge in [-0.1, -0.05) is 23.7 Å². The summed E-state index contributed by atoms with van der Waals surface area (Å²) in [7, 11) is -3.34. The fourth-order valence-electron chi connectivity index (χ4n) is 4.91. The molecule has 1 N–H and O–H groups in total. The lowest BCUT2D eigenvalue weighted by molar-refractivity contribution is 0.0566. The van der Waals surface area contributed by atoms with Crippen molar-refractivity contribution >= 4 is 33.1 Å². The van der Waals surface area contributed by atoms with Gasteiger partial charge in [0.25, 0.3) is 5.91 Å². The molecule has 35 heavy (non-hydrogen) atoms. The molecule has 1 amide bonds. The zero-order valence-corrected chi connectivity index (χ0v) is 21.1. The number of rotatable bonds is 7. The highest BCUT2D eigenvalue weighted by Crippen LogP contribution is 2.54. The largest absolute Gasteiger partial charge is 0.503 e. The van der Waals surface area contributed by atoms with E-state index >= 15 is 0 Å². The minimum absolute atomic E-state index is 0.0188. The van der Waals surface area contributed by atoms with E-state index in [1.165, 1.54) is 27.8 Å². The van der Waals surface area contributed by atoms with Crippen molar-refractivity contribution in [3.8, 4) is 5.75 Å². The highest BCUT2D eigenvalue weighted by atomic mass is 35.5. The van der Waals surface area contributed by atoms with Gasteiger partial charge in [-0.15, -0.1) is 0 Å². The number of benzene rings is 1. The van der Waals surface area contributed by atoms with Crippen LogP contribution in [0.2, 0.25) is 5.02 Å². The Morgan fingerprint density at radius 3 is 2.63 bits per heavy atom. The van der Waals surface area contributed by atoms with Gasteiger partial charge in [0.15, 0.2) is 17.2 Å². The number of ketones is 1. The Bertz CT molecular complexity index is 1400. The molecule has 0 bridgehead atoms. The molecule has 188 valence electrons. The molecule has 0 saturated heterocycles. The summed E-state index contributed by atoms with van der Waals surface area (Å²) in [4.78, 5) is 40.6. The maximum atomic E-state index is 14.2. The molecule has 0 radical (unpaired) electrons. The SMILES string of the molecule is CC(C)N1C[C@]2(C[C@H]2CS(C)(=O)=O)n2cc(C(=O)CCc3cccc(Cl)c3F)c(=O)c(O)c2C1=O. The van der Waals surface area contributed by atoms with Crippen molar-refractivity contribution in [1.82, 2.24) is 9.47 Å². The number of carbonyl (C=O) groups excluding carboxylic acids is 2. The number of aromatic nitrogens is 1. The van der Waals surface area contributed by atoms with Crippen LogP contribution >= 0.6 is 11.6 Å². The molecule has 0 unspecified atom stereocenters. The van der Waals surface area contributed by atoms with E-state index in [9.17, 15) is 32.3 Å². The molecule has 2 heterocycles. The molecule has 2 aliphatic rings. The van der Waals surface area contributed by atoms with Crippen LogP contribution < -0.4 is 5.43 Å². The summed E-state index contributed by atoms with van der Waals surface area (Å²) in [6.07, 6.45) is 2.55. The number of nitrogens with zero attached hydrogens (tertiary/aromatic N) is 2. The van der Waals surface area contributed by atoms with Crippen LogP contribution in [0, 0.1) is 11.7 Å². The number of pyridine rings is 1. The van der Waals surface area contributed by atoms with Crippen molar-refractivity contribution in [2.45, 2.75) is 44.7 Å². The highest BCUT2D eigenvalue weighted by molar-refractivity contribution is 7.90. The summed E-state index contributed by atoms with van der Waals surface area (Å²) < 4.78 is 39.6. The fraction of sp³-hybridized carbons (Fsp3) is 0.458.